The van der Waals surface area contributed by atoms with Gasteiger partial charge in [-0.25, -0.2) is 0 Å². The van der Waals surface area contributed by atoms with Crippen molar-refractivity contribution >= 4 is 11.9 Å². The number of piperidine rings is 1. The van der Waals surface area contributed by atoms with E-state index in [0.29, 0.717) is 30.2 Å². The molecule has 2 nitrogen and oxygen atoms in total. The Morgan fingerprint density at radius 2 is 2.05 bits per heavy atom. The minimum atomic E-state index is 0.174. The normalized spacial score (nSPS) is 32.1. The summed E-state index contributed by atoms with van der Waals surface area (Å²) in [4.78, 5) is 15.0. The van der Waals surface area contributed by atoms with Crippen molar-refractivity contribution in [1.29, 1.82) is 0 Å². The second kappa shape index (κ2) is 5.76. The van der Waals surface area contributed by atoms with Gasteiger partial charge in [0.05, 0.1) is 0 Å². The van der Waals surface area contributed by atoms with E-state index >= 15 is 0 Å². The van der Waals surface area contributed by atoms with Gasteiger partial charge in [-0.2, -0.15) is 0 Å². The zero-order valence-electron chi connectivity index (χ0n) is 13.1. The van der Waals surface area contributed by atoms with Gasteiger partial charge >= 0.3 is 0 Å². The maximum absolute atomic E-state index is 12.6. The number of benzene rings is 1. The maximum atomic E-state index is 12.6. The molecule has 0 unspecified atom stereocenters. The van der Waals surface area contributed by atoms with Crippen LogP contribution in [0.3, 0.4) is 0 Å². The summed E-state index contributed by atoms with van der Waals surface area (Å²) in [6.07, 6.45) is 6.07. The number of carbonyl (C=O) groups is 1. The Hall–Kier alpha value is -1.41. The molecule has 0 radical (unpaired) electrons. The van der Waals surface area contributed by atoms with Crippen molar-refractivity contribution in [2.45, 2.75) is 50.6 Å². The van der Waals surface area contributed by atoms with Gasteiger partial charge in [0.2, 0.25) is 0 Å². The minimum absolute atomic E-state index is 0.174. The average Bonchev–Trinajstić information content (AvgIpc) is 2.76. The number of Topliss-reactive ketones (excluding diaryl/α,β-unsaturated/α-hetero) is 1. The summed E-state index contributed by atoms with van der Waals surface area (Å²) in [5, 5.41) is 0. The highest BCUT2D eigenvalue weighted by molar-refractivity contribution is 5.82. The van der Waals surface area contributed by atoms with Crippen LogP contribution in [0.5, 0.6) is 0 Å². The van der Waals surface area contributed by atoms with E-state index in [9.17, 15) is 4.79 Å². The third kappa shape index (κ3) is 2.46. The van der Waals surface area contributed by atoms with Gasteiger partial charge in [0.15, 0.2) is 0 Å². The fraction of sp³-hybridized carbons (Fsp3) is 0.526. The van der Waals surface area contributed by atoms with Crippen molar-refractivity contribution in [1.82, 2.24) is 4.90 Å². The Labute approximate surface area is 127 Å². The Bertz CT molecular complexity index is 533. The lowest BCUT2D eigenvalue weighted by atomic mass is 9.73. The molecule has 2 bridgehead atoms. The van der Waals surface area contributed by atoms with Crippen molar-refractivity contribution in [3.8, 4) is 0 Å². The molecule has 112 valence electrons. The van der Waals surface area contributed by atoms with Gasteiger partial charge in [0.25, 0.3) is 0 Å². The van der Waals surface area contributed by atoms with Crippen LogP contribution in [-0.4, -0.2) is 29.8 Å². The van der Waals surface area contributed by atoms with E-state index in [-0.39, 0.29) is 5.92 Å². The van der Waals surface area contributed by atoms with Gasteiger partial charge < -0.3 is 0 Å². The molecule has 0 aliphatic carbocycles. The van der Waals surface area contributed by atoms with Crippen LogP contribution in [-0.2, 0) is 4.79 Å². The Morgan fingerprint density at radius 1 is 1.33 bits per heavy atom. The highest BCUT2D eigenvalue weighted by atomic mass is 16.1. The molecule has 0 amide bonds. The highest BCUT2D eigenvalue weighted by Crippen LogP contribution is 2.46. The smallest absolute Gasteiger partial charge is 0.137 e. The van der Waals surface area contributed by atoms with Gasteiger partial charge in [-0.05, 0) is 43.4 Å². The molecule has 2 heterocycles. The van der Waals surface area contributed by atoms with Crippen molar-refractivity contribution in [2.75, 3.05) is 7.05 Å². The maximum Gasteiger partial charge on any atom is 0.137 e. The van der Waals surface area contributed by atoms with E-state index in [1.54, 1.807) is 0 Å². The van der Waals surface area contributed by atoms with E-state index in [0.717, 1.165) is 12.0 Å². The zero-order valence-corrected chi connectivity index (χ0v) is 13.1. The van der Waals surface area contributed by atoms with Gasteiger partial charge in [-0.15, -0.1) is 0 Å². The minimum Gasteiger partial charge on any atom is -0.300 e. The quantitative estimate of drug-likeness (QED) is 0.836. The fourth-order valence-electron chi connectivity index (χ4n) is 4.36. The second-order valence-electron chi connectivity index (χ2n) is 6.52. The fourth-order valence-corrected chi connectivity index (χ4v) is 4.36. The third-order valence-electron chi connectivity index (χ3n) is 5.59. The number of rotatable bonds is 4. The number of ketones is 1. The Kier molecular flexibility index (Phi) is 3.99. The largest absolute Gasteiger partial charge is 0.300 e. The summed E-state index contributed by atoms with van der Waals surface area (Å²) in [6.45, 7) is 5.81. The summed E-state index contributed by atoms with van der Waals surface area (Å²) < 4.78 is 0. The standard InChI is InChI=1S/C19H25NO/c1-4-13-6-8-14(9-7-13)16-12-15-10-11-17(20(15)3)19(16)18(21)5-2/h4,6-9,15-17,19H,1,5,10-12H2,2-3H3/t15-,16+,17+,19-/m0/s1. The summed E-state index contributed by atoms with van der Waals surface area (Å²) in [5.41, 5.74) is 2.48. The van der Waals surface area contributed by atoms with Crippen LogP contribution in [0.4, 0.5) is 0 Å². The average molecular weight is 283 g/mol. The van der Waals surface area contributed by atoms with Crippen LogP contribution in [0.2, 0.25) is 0 Å². The highest BCUT2D eigenvalue weighted by Gasteiger charge is 2.48. The van der Waals surface area contributed by atoms with Gasteiger partial charge in [-0.1, -0.05) is 43.8 Å². The summed E-state index contributed by atoms with van der Waals surface area (Å²) in [5.74, 6) is 1.00. The second-order valence-corrected chi connectivity index (χ2v) is 6.52. The summed E-state index contributed by atoms with van der Waals surface area (Å²) in [6, 6.07) is 9.73. The molecule has 1 aromatic carbocycles. The van der Waals surface area contributed by atoms with E-state index in [1.807, 2.05) is 13.0 Å². The molecule has 3 rings (SSSR count). The lowest BCUT2D eigenvalue weighted by molar-refractivity contribution is -0.126. The number of hydrogen-bond donors (Lipinski definition) is 0. The molecule has 2 aliphatic rings. The van der Waals surface area contributed by atoms with E-state index in [1.165, 1.54) is 18.4 Å². The summed E-state index contributed by atoms with van der Waals surface area (Å²) in [7, 11) is 2.20. The van der Waals surface area contributed by atoms with Crippen LogP contribution in [0.15, 0.2) is 30.8 Å². The molecule has 0 aromatic heterocycles. The van der Waals surface area contributed by atoms with E-state index < -0.39 is 0 Å². The molecule has 2 heteroatoms. The van der Waals surface area contributed by atoms with E-state index in [2.05, 4.69) is 42.8 Å². The molecule has 1 aromatic rings. The summed E-state index contributed by atoms with van der Waals surface area (Å²) >= 11 is 0. The van der Waals surface area contributed by atoms with Crippen LogP contribution < -0.4 is 0 Å². The molecular formula is C19H25NO. The lowest BCUT2D eigenvalue weighted by Gasteiger charge is -2.42. The van der Waals surface area contributed by atoms with Crippen molar-refractivity contribution < 1.29 is 4.79 Å². The van der Waals surface area contributed by atoms with Crippen molar-refractivity contribution in [2.24, 2.45) is 5.92 Å². The number of carbonyl (C=O) groups excluding carboxylic acids is 1. The van der Waals surface area contributed by atoms with Crippen LogP contribution >= 0.6 is 0 Å². The first-order valence-corrected chi connectivity index (χ1v) is 8.12. The predicted molar refractivity (Wildman–Crippen MR) is 87.3 cm³/mol. The number of hydrogen-bond acceptors (Lipinski definition) is 2. The lowest BCUT2D eigenvalue weighted by Crippen LogP contribution is -2.48. The first kappa shape index (κ1) is 14.5. The molecule has 0 spiro atoms. The van der Waals surface area contributed by atoms with Gasteiger partial charge in [-0.3, -0.25) is 9.69 Å². The molecule has 2 aliphatic heterocycles. The van der Waals surface area contributed by atoms with Crippen LogP contribution in [0.1, 0.15) is 49.7 Å². The SMILES string of the molecule is C=Cc1ccc([C@H]2C[C@@H]3CC[C@H]([C@H]2C(=O)CC)N3C)cc1. The molecule has 0 N–H and O–H groups in total. The number of nitrogens with zero attached hydrogens (tertiary/aromatic N) is 1. The van der Waals surface area contributed by atoms with Gasteiger partial charge in [0.1, 0.15) is 5.78 Å². The molecule has 0 saturated carbocycles. The first-order valence-electron chi connectivity index (χ1n) is 8.12. The predicted octanol–water partition coefficient (Wildman–Crippen LogP) is 3.88. The molecule has 2 fully saturated rings. The Morgan fingerprint density at radius 3 is 2.67 bits per heavy atom. The monoisotopic (exact) mass is 283 g/mol. The molecular weight excluding hydrogens is 258 g/mol. The molecule has 4 atom stereocenters. The number of fused-ring (bicyclic) bond motifs is 2. The van der Waals surface area contributed by atoms with Crippen molar-refractivity contribution in [3.05, 3.63) is 42.0 Å². The van der Waals surface area contributed by atoms with Crippen LogP contribution in [0, 0.1) is 5.92 Å². The first-order chi connectivity index (χ1) is 10.2. The molecule has 21 heavy (non-hydrogen) atoms. The van der Waals surface area contributed by atoms with Crippen LogP contribution in [0.25, 0.3) is 6.08 Å². The van der Waals surface area contributed by atoms with Gasteiger partial charge in [0, 0.05) is 24.4 Å². The zero-order chi connectivity index (χ0) is 15.0. The van der Waals surface area contributed by atoms with Crippen molar-refractivity contribution in [3.63, 3.8) is 0 Å². The van der Waals surface area contributed by atoms with E-state index in [4.69, 9.17) is 0 Å². The third-order valence-corrected chi connectivity index (χ3v) is 5.59. The molecule has 2 saturated heterocycles. The topological polar surface area (TPSA) is 20.3 Å². The Balaban J connectivity index is 1.94.